The van der Waals surface area contributed by atoms with E-state index in [0.29, 0.717) is 89.9 Å². The molecule has 26 nitrogen and oxygen atoms in total. The molecule has 8 bridgehead atoms. The van der Waals surface area contributed by atoms with Crippen LogP contribution in [0.25, 0.3) is 91.4 Å². The Morgan fingerprint density at radius 1 is 0.357 bits per heavy atom. The van der Waals surface area contributed by atoms with Gasteiger partial charge in [0.15, 0.2) is 51.0 Å². The largest absolute Gasteiger partial charge is 3.00 e. The van der Waals surface area contributed by atoms with Gasteiger partial charge in [-0.25, -0.2) is 14.8 Å². The minimum atomic E-state index is -1.19. The van der Waals surface area contributed by atoms with Crippen molar-refractivity contribution in [1.29, 1.82) is 0 Å². The zero-order valence-corrected chi connectivity index (χ0v) is 67.0. The fourth-order valence-corrected chi connectivity index (χ4v) is 12.7. The van der Waals surface area contributed by atoms with E-state index in [2.05, 4.69) is 21.3 Å². The molecule has 115 heavy (non-hydrogen) atoms. The van der Waals surface area contributed by atoms with Crippen molar-refractivity contribution in [3.8, 4) is 45.0 Å². The second kappa shape index (κ2) is 41.5. The van der Waals surface area contributed by atoms with E-state index in [1.54, 1.807) is 97.1 Å². The molecule has 2 aliphatic rings. The summed E-state index contributed by atoms with van der Waals surface area (Å²) in [5.74, 6) is -7.66. The summed E-state index contributed by atoms with van der Waals surface area (Å²) in [5, 5.41) is 46.7. The summed E-state index contributed by atoms with van der Waals surface area (Å²) >= 11 is 0. The van der Waals surface area contributed by atoms with Gasteiger partial charge in [0.05, 0.1) is 56.1 Å². The number of pyridine rings is 4. The fraction of sp³-hybridized carbons (Fsp3) is 0.131. The predicted octanol–water partition coefficient (Wildman–Crippen LogP) is -3.71. The summed E-state index contributed by atoms with van der Waals surface area (Å²) in [7, 11) is 0. The maximum Gasteiger partial charge on any atom is 3.00 e. The standard InChI is InChI=1S/C82H64N12O14.2CH4.4BrH.Fe/c1-50(95)108-94-69-36-37-70(94)78(68-13-5-9-41-93(68)49-54-20-28-58(29-21-54)82(107)86-45-74(102)103)64-35-33-62(89-64)76(66-11-3-7-39-91(66)47-52-16-24-56(25-17-52)80(105)84-43-72(98)99)60-31-30-59(87-60)75(65-10-2-6-38-90(65)46-51-14-22-55(23-15-51)79(104)83-42-71(96)97)61-32-34-63(88-61)77(69)67-12-4-8-40-92(67)48-53-18-26-57(27-19-53)81(106)85-44-73(100)101;;;;;;;/h2-41H,42-49H2,1H3,(H5-3,83,84,85,86,96,97,98,99,100,101,102,103,104,105,106,107);2*1H4;4*1H;/q;;;;;;;+3/p-1. The average Bonchev–Trinajstić information content (AvgIpc) is 1.60. The number of aliphatic carboxylic acids is 4. The first-order valence-corrected chi connectivity index (χ1v) is 33.9. The number of carbonyl (C=O) groups excluding carboxylic acids is 5. The molecule has 4 aromatic carbocycles. The number of fused-ring (bicyclic) bond motifs is 8. The van der Waals surface area contributed by atoms with Gasteiger partial charge in [-0.2, -0.15) is 23.0 Å². The second-order valence-electron chi connectivity index (χ2n) is 25.1. The first kappa shape index (κ1) is 91.6. The normalized spacial score (nSPS) is 10.7. The number of halogens is 4. The third kappa shape index (κ3) is 21.7. The molecular weight excluding hydrogens is 1780 g/mol. The molecule has 0 saturated heterocycles. The van der Waals surface area contributed by atoms with Crippen LogP contribution in [0.3, 0.4) is 0 Å². The summed E-state index contributed by atoms with van der Waals surface area (Å²) in [6, 6.07) is 57.5. The number of benzene rings is 4. The van der Waals surface area contributed by atoms with Crippen LogP contribution in [0.5, 0.6) is 0 Å². The molecule has 0 fully saturated rings. The summed E-state index contributed by atoms with van der Waals surface area (Å²) < 4.78 is 9.50. The van der Waals surface area contributed by atoms with Crippen LogP contribution in [0.15, 0.2) is 219 Å². The third-order valence-corrected chi connectivity index (χ3v) is 17.7. The van der Waals surface area contributed by atoms with E-state index in [9.17, 15) is 63.6 Å². The van der Waals surface area contributed by atoms with Gasteiger partial charge in [0.1, 0.15) is 26.2 Å². The Kier molecular flexibility index (Phi) is 33.1. The minimum Gasteiger partial charge on any atom is -1.00 e. The molecule has 11 aromatic rings. The molecular formula is C84H75Br4FeN12O14+2. The summed E-state index contributed by atoms with van der Waals surface area (Å²) in [5.41, 5.74) is 12.2. The van der Waals surface area contributed by atoms with E-state index in [1.807, 2.05) is 164 Å². The van der Waals surface area contributed by atoms with Crippen LogP contribution in [-0.2, 0) is 67.2 Å². The van der Waals surface area contributed by atoms with Crippen LogP contribution in [0, 0.1) is 0 Å². The molecule has 31 heteroatoms. The number of rotatable bonds is 25. The SMILES string of the molecule is C.C.CC(=O)On1c2ccc1c(-c1cccc[n+]1Cc1ccc(C(=O)NCC(=O)O)cc1)c1nc(c(-c3cccc[n+]3Cc3ccc(C(=O)NCC(=O)O)cc3)c3ccc([n-]3)c(-c3cccc[n+]3Cc3ccc(C(=O)NCC(=O)O)cc3)c3nc(c2-c2cccc[n+]2Cc2ccc(C(=O)NCC(=O)O)cc2)C=C3)C=C1.[Br-].[Br-].[Br-].[Br-].[Fe+3]. The Labute approximate surface area is 712 Å². The molecule has 7 aromatic heterocycles. The third-order valence-electron chi connectivity index (χ3n) is 17.7. The van der Waals surface area contributed by atoms with E-state index < -0.39 is 79.7 Å². The topological polar surface area (TPSA) is 352 Å². The van der Waals surface area contributed by atoms with Gasteiger partial charge < -0.3 is 119 Å². The van der Waals surface area contributed by atoms with Crippen LogP contribution in [-0.4, -0.2) is 115 Å². The maximum absolute atomic E-state index is 14.1. The van der Waals surface area contributed by atoms with E-state index in [4.69, 9.17) is 19.8 Å². The number of nitrogens with one attached hydrogen (secondary N) is 4. The molecule has 4 amide bonds. The number of hydrogen-bond acceptors (Lipinski definition) is 12. The summed E-state index contributed by atoms with van der Waals surface area (Å²) in [4.78, 5) is 135. The van der Waals surface area contributed by atoms with Gasteiger partial charge in [0.2, 0.25) is 22.8 Å². The van der Waals surface area contributed by atoms with Crippen molar-refractivity contribution in [3.05, 3.63) is 286 Å². The van der Waals surface area contributed by atoms with Crippen molar-refractivity contribution in [3.63, 3.8) is 0 Å². The van der Waals surface area contributed by atoms with Gasteiger partial charge in [-0.15, -0.1) is 11.0 Å². The van der Waals surface area contributed by atoms with E-state index in [1.165, 1.54) is 11.7 Å². The van der Waals surface area contributed by atoms with Crippen molar-refractivity contribution in [2.24, 2.45) is 0 Å². The maximum atomic E-state index is 14.1. The quantitative estimate of drug-likeness (QED) is 0.0202. The van der Waals surface area contributed by atoms with Crippen LogP contribution in [0.2, 0.25) is 0 Å². The molecule has 0 atom stereocenters. The molecule has 0 unspecified atom stereocenters. The molecule has 8 N–H and O–H groups in total. The van der Waals surface area contributed by atoms with Gasteiger partial charge in [0, 0.05) is 100.0 Å². The zero-order chi connectivity index (χ0) is 75.5. The molecule has 9 heterocycles. The first-order chi connectivity index (χ1) is 52.3. The van der Waals surface area contributed by atoms with Crippen molar-refractivity contribution >= 4 is 99.8 Å². The molecule has 1 radical (unpaired) electrons. The average molecular weight is 1850 g/mol. The van der Waals surface area contributed by atoms with Gasteiger partial charge in [-0.1, -0.05) is 75.5 Å². The predicted molar refractivity (Wildman–Crippen MR) is 407 cm³/mol. The molecule has 2 aliphatic heterocycles. The summed E-state index contributed by atoms with van der Waals surface area (Å²) in [6.07, 6.45) is 15.1. The van der Waals surface area contributed by atoms with Crippen molar-refractivity contribution in [2.45, 2.75) is 48.0 Å². The number of carboxylic acids is 4. The van der Waals surface area contributed by atoms with E-state index in [-0.39, 0.29) is 148 Å². The van der Waals surface area contributed by atoms with Gasteiger partial charge in [0.25, 0.3) is 23.6 Å². The van der Waals surface area contributed by atoms with Crippen molar-refractivity contribution in [2.75, 3.05) is 26.2 Å². The fourth-order valence-electron chi connectivity index (χ4n) is 12.7. The van der Waals surface area contributed by atoms with Crippen molar-refractivity contribution < 1.29 is 172 Å². The number of hydrogen-bond donors (Lipinski definition) is 8. The second-order valence-corrected chi connectivity index (χ2v) is 25.1. The minimum absolute atomic E-state index is 0. The molecule has 0 spiro atoms. The van der Waals surface area contributed by atoms with Gasteiger partial charge >= 0.3 is 46.9 Å². The Morgan fingerprint density at radius 3 is 0.843 bits per heavy atom. The number of nitrogens with zero attached hydrogens (tertiary/aromatic N) is 8. The van der Waals surface area contributed by atoms with Crippen LogP contribution >= 0.6 is 0 Å². The Bertz CT molecular complexity index is 5390. The monoisotopic (exact) mass is 1850 g/mol. The molecule has 589 valence electrons. The van der Waals surface area contributed by atoms with Gasteiger partial charge in [-0.3, -0.25) is 38.4 Å². The van der Waals surface area contributed by atoms with E-state index >= 15 is 0 Å². The van der Waals surface area contributed by atoms with E-state index in [0.717, 1.165) is 22.3 Å². The first-order valence-electron chi connectivity index (χ1n) is 33.9. The number of carbonyl (C=O) groups is 9. The molecule has 0 aliphatic carbocycles. The van der Waals surface area contributed by atoms with Crippen LogP contribution in [0.1, 0.15) is 108 Å². The van der Waals surface area contributed by atoms with Crippen LogP contribution < -0.4 is 117 Å². The van der Waals surface area contributed by atoms with Crippen molar-refractivity contribution in [1.82, 2.24) is 40.9 Å². The summed E-state index contributed by atoms with van der Waals surface area (Å²) in [6.45, 7) is 0.0412. The number of aromatic nitrogens is 8. The Morgan fingerprint density at radius 2 is 0.600 bits per heavy atom. The number of carboxylic acid groups (broad SMARTS) is 4. The Balaban J connectivity index is 0.00000294. The number of amides is 4. The van der Waals surface area contributed by atoms with Crippen LogP contribution in [0.4, 0.5) is 0 Å². The molecule has 0 saturated carbocycles. The molecule has 13 rings (SSSR count). The Hall–Kier alpha value is -12.3. The van der Waals surface area contributed by atoms with Gasteiger partial charge in [-0.05, 0) is 109 Å². The zero-order valence-electron chi connectivity index (χ0n) is 59.6. The smallest absolute Gasteiger partial charge is 1.00 e.